The van der Waals surface area contributed by atoms with Gasteiger partial charge in [-0.1, -0.05) is 6.07 Å². The van der Waals surface area contributed by atoms with Crippen molar-refractivity contribution in [2.24, 2.45) is 5.92 Å². The smallest absolute Gasteiger partial charge is 0.307 e. The van der Waals surface area contributed by atoms with Crippen LogP contribution in [0.4, 0.5) is 0 Å². The normalized spacial score (nSPS) is 12.8. The van der Waals surface area contributed by atoms with Crippen molar-refractivity contribution in [1.82, 2.24) is 0 Å². The number of aliphatic carboxylic acids is 1. The minimum absolute atomic E-state index is 0.0150. The van der Waals surface area contributed by atoms with Gasteiger partial charge in [-0.2, -0.15) is 4.73 Å². The standard InChI is InChI=1S/C14H19NO5/c1-14(2,3)20-12(16)9-10(13(17)18)8-11-6-4-5-7-15(11)19/h4-7,10H,8-9H2,1-3H3,(H,17,18)/t10-/m1/s1. The van der Waals surface area contributed by atoms with Crippen LogP contribution in [0.2, 0.25) is 0 Å². The molecule has 1 rings (SSSR count). The van der Waals surface area contributed by atoms with Crippen molar-refractivity contribution in [1.29, 1.82) is 0 Å². The quantitative estimate of drug-likeness (QED) is 0.499. The van der Waals surface area contributed by atoms with Gasteiger partial charge < -0.3 is 15.1 Å². The van der Waals surface area contributed by atoms with Crippen LogP contribution in [-0.2, 0) is 20.7 Å². The van der Waals surface area contributed by atoms with Gasteiger partial charge in [0.25, 0.3) is 0 Å². The van der Waals surface area contributed by atoms with Crippen molar-refractivity contribution >= 4 is 11.9 Å². The Hall–Kier alpha value is -2.11. The van der Waals surface area contributed by atoms with Crippen molar-refractivity contribution < 1.29 is 24.2 Å². The Kier molecular flexibility index (Phi) is 5.07. The molecular formula is C14H19NO5. The lowest BCUT2D eigenvalue weighted by Crippen LogP contribution is -2.34. The molecule has 0 unspecified atom stereocenters. The van der Waals surface area contributed by atoms with Gasteiger partial charge in [0, 0.05) is 18.6 Å². The number of hydrogen-bond donors (Lipinski definition) is 1. The highest BCUT2D eigenvalue weighted by Gasteiger charge is 2.27. The molecule has 0 aliphatic carbocycles. The topological polar surface area (TPSA) is 90.5 Å². The zero-order valence-corrected chi connectivity index (χ0v) is 11.8. The van der Waals surface area contributed by atoms with E-state index in [4.69, 9.17) is 9.84 Å². The molecule has 0 spiro atoms. The number of hydrogen-bond acceptors (Lipinski definition) is 4. The average molecular weight is 281 g/mol. The monoisotopic (exact) mass is 281 g/mol. The maximum absolute atomic E-state index is 11.7. The number of carboxylic acid groups (broad SMARTS) is 1. The van der Waals surface area contributed by atoms with Crippen molar-refractivity contribution in [3.05, 3.63) is 35.3 Å². The van der Waals surface area contributed by atoms with Crippen molar-refractivity contribution in [2.75, 3.05) is 0 Å². The van der Waals surface area contributed by atoms with Crippen LogP contribution in [0.1, 0.15) is 32.9 Å². The first kappa shape index (κ1) is 15.9. The summed E-state index contributed by atoms with van der Waals surface area (Å²) >= 11 is 0. The van der Waals surface area contributed by atoms with Crippen LogP contribution in [0.15, 0.2) is 24.4 Å². The third kappa shape index (κ3) is 5.26. The number of carbonyl (C=O) groups excluding carboxylic acids is 1. The number of pyridine rings is 1. The Morgan fingerprint density at radius 2 is 2.05 bits per heavy atom. The van der Waals surface area contributed by atoms with Crippen LogP contribution < -0.4 is 4.73 Å². The predicted octanol–water partition coefficient (Wildman–Crippen LogP) is 1.30. The number of ether oxygens (including phenoxy) is 1. The van der Waals surface area contributed by atoms with E-state index in [9.17, 15) is 14.8 Å². The van der Waals surface area contributed by atoms with Gasteiger partial charge in [0.15, 0.2) is 11.9 Å². The molecule has 6 heteroatoms. The molecule has 1 N–H and O–H groups in total. The summed E-state index contributed by atoms with van der Waals surface area (Å²) in [5, 5.41) is 20.7. The summed E-state index contributed by atoms with van der Waals surface area (Å²) in [5.41, 5.74) is -0.353. The summed E-state index contributed by atoms with van der Waals surface area (Å²) in [7, 11) is 0. The van der Waals surface area contributed by atoms with Crippen LogP contribution in [0.3, 0.4) is 0 Å². The molecule has 20 heavy (non-hydrogen) atoms. The molecule has 0 aliphatic heterocycles. The van der Waals surface area contributed by atoms with E-state index in [1.165, 1.54) is 12.3 Å². The van der Waals surface area contributed by atoms with E-state index in [1.54, 1.807) is 32.9 Å². The Morgan fingerprint density at radius 1 is 1.40 bits per heavy atom. The van der Waals surface area contributed by atoms with Crippen LogP contribution in [0.5, 0.6) is 0 Å². The molecule has 0 radical (unpaired) electrons. The van der Waals surface area contributed by atoms with Gasteiger partial charge in [0.05, 0.1) is 12.3 Å². The highest BCUT2D eigenvalue weighted by molar-refractivity contribution is 5.79. The number of esters is 1. The highest BCUT2D eigenvalue weighted by atomic mass is 16.6. The fourth-order valence-corrected chi connectivity index (χ4v) is 1.71. The molecule has 0 saturated carbocycles. The summed E-state index contributed by atoms with van der Waals surface area (Å²) in [4.78, 5) is 22.9. The molecule has 1 aromatic heterocycles. The summed E-state index contributed by atoms with van der Waals surface area (Å²) in [5.74, 6) is -2.69. The summed E-state index contributed by atoms with van der Waals surface area (Å²) in [6, 6.07) is 4.74. The van der Waals surface area contributed by atoms with E-state index >= 15 is 0 Å². The van der Waals surface area contributed by atoms with Gasteiger partial charge in [-0.3, -0.25) is 9.59 Å². The van der Waals surface area contributed by atoms with E-state index in [-0.39, 0.29) is 12.8 Å². The van der Waals surface area contributed by atoms with E-state index in [1.807, 2.05) is 0 Å². The SMILES string of the molecule is CC(C)(C)OC(=O)C[C@@H](Cc1cccc[n+]1[O-])C(=O)O. The Labute approximate surface area is 117 Å². The molecule has 110 valence electrons. The van der Waals surface area contributed by atoms with Gasteiger partial charge >= 0.3 is 11.9 Å². The lowest BCUT2D eigenvalue weighted by Gasteiger charge is -2.20. The summed E-state index contributed by atoms with van der Waals surface area (Å²) < 4.78 is 5.70. The first-order valence-electron chi connectivity index (χ1n) is 6.31. The van der Waals surface area contributed by atoms with Crippen LogP contribution >= 0.6 is 0 Å². The van der Waals surface area contributed by atoms with Crippen molar-refractivity contribution in [3.63, 3.8) is 0 Å². The Morgan fingerprint density at radius 3 is 2.55 bits per heavy atom. The number of nitrogens with zero attached hydrogens (tertiary/aromatic N) is 1. The van der Waals surface area contributed by atoms with Gasteiger partial charge in [-0.15, -0.1) is 0 Å². The van der Waals surface area contributed by atoms with Crippen molar-refractivity contribution in [3.8, 4) is 0 Å². The van der Waals surface area contributed by atoms with E-state index in [0.29, 0.717) is 10.4 Å². The molecule has 0 aromatic carbocycles. The van der Waals surface area contributed by atoms with Gasteiger partial charge in [0.2, 0.25) is 0 Å². The third-order valence-electron chi connectivity index (χ3n) is 2.54. The van der Waals surface area contributed by atoms with Gasteiger partial charge in [-0.05, 0) is 20.8 Å². The summed E-state index contributed by atoms with van der Waals surface area (Å²) in [6.45, 7) is 5.14. The molecule has 0 aliphatic rings. The lowest BCUT2D eigenvalue weighted by molar-refractivity contribution is -0.614. The third-order valence-corrected chi connectivity index (χ3v) is 2.54. The van der Waals surface area contributed by atoms with E-state index in [2.05, 4.69) is 0 Å². The molecule has 0 bridgehead atoms. The van der Waals surface area contributed by atoms with E-state index < -0.39 is 23.5 Å². The van der Waals surface area contributed by atoms with Crippen LogP contribution in [0, 0.1) is 11.1 Å². The molecule has 1 aromatic rings. The first-order chi connectivity index (χ1) is 9.19. The minimum atomic E-state index is -1.13. The number of carboxylic acids is 1. The summed E-state index contributed by atoms with van der Waals surface area (Å²) in [6.07, 6.45) is 1.02. The van der Waals surface area contributed by atoms with Crippen LogP contribution in [0.25, 0.3) is 0 Å². The minimum Gasteiger partial charge on any atom is -0.619 e. The van der Waals surface area contributed by atoms with Crippen molar-refractivity contribution in [2.45, 2.75) is 39.2 Å². The second kappa shape index (κ2) is 6.36. The molecule has 0 saturated heterocycles. The molecule has 1 atom stereocenters. The zero-order valence-electron chi connectivity index (χ0n) is 11.8. The average Bonchev–Trinajstić information content (AvgIpc) is 2.28. The number of aromatic nitrogens is 1. The largest absolute Gasteiger partial charge is 0.619 e. The first-order valence-corrected chi connectivity index (χ1v) is 6.31. The molecule has 1 heterocycles. The molecule has 0 fully saturated rings. The Bertz CT molecular complexity index is 493. The Balaban J connectivity index is 2.74. The fraction of sp³-hybridized carbons (Fsp3) is 0.500. The molecule has 6 nitrogen and oxygen atoms in total. The molecular weight excluding hydrogens is 262 g/mol. The second-order valence-electron chi connectivity index (χ2n) is 5.55. The fourth-order valence-electron chi connectivity index (χ4n) is 1.71. The number of carbonyl (C=O) groups is 2. The second-order valence-corrected chi connectivity index (χ2v) is 5.55. The highest BCUT2D eigenvalue weighted by Crippen LogP contribution is 2.15. The molecule has 0 amide bonds. The van der Waals surface area contributed by atoms with Gasteiger partial charge in [0.1, 0.15) is 5.60 Å². The maximum atomic E-state index is 11.7. The predicted molar refractivity (Wildman–Crippen MR) is 70.7 cm³/mol. The lowest BCUT2D eigenvalue weighted by atomic mass is 9.99. The number of rotatable bonds is 5. The maximum Gasteiger partial charge on any atom is 0.307 e. The van der Waals surface area contributed by atoms with Crippen LogP contribution in [-0.4, -0.2) is 22.6 Å². The zero-order chi connectivity index (χ0) is 15.3. The van der Waals surface area contributed by atoms with E-state index in [0.717, 1.165) is 0 Å². The van der Waals surface area contributed by atoms with Gasteiger partial charge in [-0.25, -0.2) is 0 Å².